The molecule has 2 heterocycles. The summed E-state index contributed by atoms with van der Waals surface area (Å²) in [6.45, 7) is 6.38. The topological polar surface area (TPSA) is 53.6 Å². The van der Waals surface area contributed by atoms with Gasteiger partial charge in [0.15, 0.2) is 0 Å². The number of nitrogens with zero attached hydrogens (tertiary/aromatic N) is 1. The van der Waals surface area contributed by atoms with E-state index in [2.05, 4.69) is 22.5 Å². The zero-order chi connectivity index (χ0) is 13.0. The molecule has 3 atom stereocenters. The fourth-order valence-corrected chi connectivity index (χ4v) is 2.99. The van der Waals surface area contributed by atoms with Crippen molar-refractivity contribution in [3.05, 3.63) is 0 Å². The predicted octanol–water partition coefficient (Wildman–Crippen LogP) is -0.179. The molecule has 0 aromatic heterocycles. The molecule has 2 N–H and O–H groups in total. The van der Waals surface area contributed by atoms with E-state index >= 15 is 0 Å². The first-order chi connectivity index (χ1) is 8.76. The minimum atomic E-state index is -0.0357. The molecule has 104 valence electrons. The minimum Gasteiger partial charge on any atom is -0.379 e. The number of carbonyl (C=O) groups excluding carboxylic acids is 1. The number of likely N-dealkylation sites (tertiary alicyclic amines) is 1. The van der Waals surface area contributed by atoms with E-state index in [1.165, 1.54) is 19.4 Å². The van der Waals surface area contributed by atoms with Crippen molar-refractivity contribution in [2.24, 2.45) is 5.92 Å². The zero-order valence-electron chi connectivity index (χ0n) is 11.4. The molecule has 0 radical (unpaired) electrons. The van der Waals surface area contributed by atoms with E-state index in [1.54, 1.807) is 0 Å². The summed E-state index contributed by atoms with van der Waals surface area (Å²) in [4.78, 5) is 14.6. The van der Waals surface area contributed by atoms with Crippen LogP contribution in [0.4, 0.5) is 0 Å². The normalized spacial score (nSPS) is 32.9. The quantitative estimate of drug-likeness (QED) is 0.716. The third-order valence-corrected chi connectivity index (χ3v) is 4.21. The van der Waals surface area contributed by atoms with Gasteiger partial charge in [0.2, 0.25) is 5.91 Å². The molecule has 2 fully saturated rings. The van der Waals surface area contributed by atoms with Crippen LogP contribution in [0.1, 0.15) is 19.8 Å². The molecule has 18 heavy (non-hydrogen) atoms. The first kappa shape index (κ1) is 13.8. The number of nitrogens with one attached hydrogen (secondary N) is 2. The van der Waals surface area contributed by atoms with Crippen molar-refractivity contribution in [1.29, 1.82) is 0 Å². The van der Waals surface area contributed by atoms with Crippen molar-refractivity contribution in [3.8, 4) is 0 Å². The Morgan fingerprint density at radius 1 is 1.44 bits per heavy atom. The van der Waals surface area contributed by atoms with Gasteiger partial charge < -0.3 is 15.4 Å². The van der Waals surface area contributed by atoms with Crippen molar-refractivity contribution in [2.45, 2.75) is 31.8 Å². The maximum absolute atomic E-state index is 12.1. The van der Waals surface area contributed by atoms with Crippen molar-refractivity contribution >= 4 is 5.91 Å². The van der Waals surface area contributed by atoms with Crippen LogP contribution in [0.15, 0.2) is 0 Å². The lowest BCUT2D eigenvalue weighted by molar-refractivity contribution is -0.125. The van der Waals surface area contributed by atoms with E-state index in [-0.39, 0.29) is 17.9 Å². The number of rotatable bonds is 5. The molecule has 0 bridgehead atoms. The van der Waals surface area contributed by atoms with Crippen LogP contribution in [-0.4, -0.2) is 62.8 Å². The van der Waals surface area contributed by atoms with Crippen molar-refractivity contribution < 1.29 is 9.53 Å². The fourth-order valence-electron chi connectivity index (χ4n) is 2.99. The Labute approximate surface area is 109 Å². The number of likely N-dealkylation sites (N-methyl/N-ethyl adjacent to an activating group) is 2. The van der Waals surface area contributed by atoms with Crippen molar-refractivity contribution in [3.63, 3.8) is 0 Å². The molecule has 2 aliphatic rings. The molecule has 2 aliphatic heterocycles. The molecule has 3 unspecified atom stereocenters. The van der Waals surface area contributed by atoms with E-state index in [1.807, 2.05) is 7.05 Å². The maximum Gasteiger partial charge on any atom is 0.227 e. The number of hydrogen-bond donors (Lipinski definition) is 2. The molecule has 5 heteroatoms. The van der Waals surface area contributed by atoms with Crippen LogP contribution in [0.5, 0.6) is 0 Å². The molecule has 1 amide bonds. The average Bonchev–Trinajstić information content (AvgIpc) is 3.03. The SMILES string of the molecule is CCN1CCCC1CNC(=O)C1COCC1NC. The van der Waals surface area contributed by atoms with E-state index in [0.717, 1.165) is 13.1 Å². The molecule has 0 aliphatic carbocycles. The van der Waals surface area contributed by atoms with Crippen LogP contribution < -0.4 is 10.6 Å². The van der Waals surface area contributed by atoms with Crippen molar-refractivity contribution in [1.82, 2.24) is 15.5 Å². The Morgan fingerprint density at radius 3 is 3.00 bits per heavy atom. The van der Waals surface area contributed by atoms with Gasteiger partial charge in [-0.3, -0.25) is 9.69 Å². The highest BCUT2D eigenvalue weighted by Crippen LogP contribution is 2.17. The molecule has 0 aromatic carbocycles. The summed E-state index contributed by atoms with van der Waals surface area (Å²) in [5.74, 6) is 0.0984. The second-order valence-corrected chi connectivity index (χ2v) is 5.21. The van der Waals surface area contributed by atoms with Crippen LogP contribution in [0, 0.1) is 5.92 Å². The van der Waals surface area contributed by atoms with Gasteiger partial charge in [-0.05, 0) is 33.0 Å². The monoisotopic (exact) mass is 255 g/mol. The molecule has 0 spiro atoms. The fraction of sp³-hybridized carbons (Fsp3) is 0.923. The van der Waals surface area contributed by atoms with E-state index < -0.39 is 0 Å². The largest absolute Gasteiger partial charge is 0.379 e. The van der Waals surface area contributed by atoms with Crippen molar-refractivity contribution in [2.75, 3.05) is 39.9 Å². The highest BCUT2D eigenvalue weighted by Gasteiger charge is 2.33. The molecule has 0 aromatic rings. The summed E-state index contributed by atoms with van der Waals surface area (Å²) in [7, 11) is 1.88. The van der Waals surface area contributed by atoms with Gasteiger partial charge in [0.05, 0.1) is 19.1 Å². The summed E-state index contributed by atoms with van der Waals surface area (Å²) in [6.07, 6.45) is 2.45. The van der Waals surface area contributed by atoms with Gasteiger partial charge in [0.25, 0.3) is 0 Å². The molecular weight excluding hydrogens is 230 g/mol. The summed E-state index contributed by atoms with van der Waals surface area (Å²) in [5, 5.41) is 6.24. The van der Waals surface area contributed by atoms with Crippen LogP contribution in [0.3, 0.4) is 0 Å². The molecule has 0 saturated carbocycles. The van der Waals surface area contributed by atoms with E-state index in [4.69, 9.17) is 4.74 Å². The molecular formula is C13H25N3O2. The third-order valence-electron chi connectivity index (χ3n) is 4.21. The first-order valence-corrected chi connectivity index (χ1v) is 7.03. The van der Waals surface area contributed by atoms with Gasteiger partial charge in [-0.15, -0.1) is 0 Å². The highest BCUT2D eigenvalue weighted by molar-refractivity contribution is 5.79. The van der Waals surface area contributed by atoms with Gasteiger partial charge in [-0.1, -0.05) is 6.92 Å². The zero-order valence-corrected chi connectivity index (χ0v) is 11.4. The van der Waals surface area contributed by atoms with Gasteiger partial charge >= 0.3 is 0 Å². The maximum atomic E-state index is 12.1. The molecule has 2 rings (SSSR count). The number of amides is 1. The van der Waals surface area contributed by atoms with Crippen LogP contribution in [0.25, 0.3) is 0 Å². The smallest absolute Gasteiger partial charge is 0.227 e. The lowest BCUT2D eigenvalue weighted by atomic mass is 10.0. The number of carbonyl (C=O) groups is 1. The lowest BCUT2D eigenvalue weighted by Crippen LogP contribution is -2.46. The Morgan fingerprint density at radius 2 is 2.28 bits per heavy atom. The Kier molecular flexibility index (Phi) is 4.97. The Balaban J connectivity index is 1.77. The van der Waals surface area contributed by atoms with Gasteiger partial charge in [0.1, 0.15) is 0 Å². The van der Waals surface area contributed by atoms with Gasteiger partial charge in [-0.25, -0.2) is 0 Å². The first-order valence-electron chi connectivity index (χ1n) is 7.03. The predicted molar refractivity (Wildman–Crippen MR) is 70.4 cm³/mol. The third kappa shape index (κ3) is 3.02. The minimum absolute atomic E-state index is 0.0357. The van der Waals surface area contributed by atoms with Crippen LogP contribution >= 0.6 is 0 Å². The van der Waals surface area contributed by atoms with Gasteiger partial charge in [0, 0.05) is 18.6 Å². The Hall–Kier alpha value is -0.650. The summed E-state index contributed by atoms with van der Waals surface area (Å²) in [5.41, 5.74) is 0. The van der Waals surface area contributed by atoms with E-state index in [9.17, 15) is 4.79 Å². The molecule has 5 nitrogen and oxygen atoms in total. The summed E-state index contributed by atoms with van der Waals surface area (Å²) >= 11 is 0. The number of ether oxygens (including phenoxy) is 1. The second kappa shape index (κ2) is 6.50. The Bertz CT molecular complexity index is 285. The lowest BCUT2D eigenvalue weighted by Gasteiger charge is -2.24. The van der Waals surface area contributed by atoms with Crippen LogP contribution in [0.2, 0.25) is 0 Å². The van der Waals surface area contributed by atoms with Crippen LogP contribution in [-0.2, 0) is 9.53 Å². The molecule has 2 saturated heterocycles. The standard InChI is InChI=1S/C13H25N3O2/c1-3-16-6-4-5-10(16)7-15-13(17)11-8-18-9-12(11)14-2/h10-12,14H,3-9H2,1-2H3,(H,15,17). The van der Waals surface area contributed by atoms with Gasteiger partial charge in [-0.2, -0.15) is 0 Å². The number of hydrogen-bond acceptors (Lipinski definition) is 4. The highest BCUT2D eigenvalue weighted by atomic mass is 16.5. The summed E-state index contributed by atoms with van der Waals surface area (Å²) < 4.78 is 5.36. The van der Waals surface area contributed by atoms with E-state index in [0.29, 0.717) is 19.3 Å². The second-order valence-electron chi connectivity index (χ2n) is 5.21. The average molecular weight is 255 g/mol. The summed E-state index contributed by atoms with van der Waals surface area (Å²) in [6, 6.07) is 0.685.